The number of nitrogens with one attached hydrogen (secondary N) is 1. The molecule has 0 saturated heterocycles. The van der Waals surface area contributed by atoms with Gasteiger partial charge in [-0.05, 0) is 22.9 Å². The minimum absolute atomic E-state index is 0.171. The number of H-pyrrole nitrogens is 1. The first kappa shape index (κ1) is 13.4. The topological polar surface area (TPSA) is 58.6 Å². The van der Waals surface area contributed by atoms with Crippen LogP contribution < -0.4 is 5.56 Å². The molecule has 0 spiro atoms. The Morgan fingerprint density at radius 2 is 2.00 bits per heavy atom. The van der Waals surface area contributed by atoms with Crippen molar-refractivity contribution >= 4 is 27.3 Å². The van der Waals surface area contributed by atoms with Gasteiger partial charge in [0.25, 0.3) is 5.56 Å². The standard InChI is InChI=1S/C12H14BrN3OS/c1-6-14-7(5-18-6)10-15-9(12(2,3)4)8(13)11(17)16-10/h5H,1-4H3,(H,15,16,17). The molecule has 96 valence electrons. The summed E-state index contributed by atoms with van der Waals surface area (Å²) in [5.41, 5.74) is 1.09. The van der Waals surface area contributed by atoms with Crippen molar-refractivity contribution in [3.05, 3.63) is 30.9 Å². The van der Waals surface area contributed by atoms with Gasteiger partial charge in [0.1, 0.15) is 10.2 Å². The second kappa shape index (κ2) is 4.59. The van der Waals surface area contributed by atoms with E-state index in [0.717, 1.165) is 10.7 Å². The van der Waals surface area contributed by atoms with Gasteiger partial charge >= 0.3 is 0 Å². The van der Waals surface area contributed by atoms with Crippen LogP contribution in [0.5, 0.6) is 0 Å². The summed E-state index contributed by atoms with van der Waals surface area (Å²) >= 11 is 4.84. The molecule has 4 nitrogen and oxygen atoms in total. The van der Waals surface area contributed by atoms with E-state index in [0.29, 0.717) is 16.0 Å². The Hall–Kier alpha value is -1.01. The molecule has 6 heteroatoms. The third-order valence-corrected chi connectivity index (χ3v) is 3.94. The van der Waals surface area contributed by atoms with Crippen molar-refractivity contribution in [2.24, 2.45) is 0 Å². The van der Waals surface area contributed by atoms with E-state index in [1.165, 1.54) is 11.3 Å². The average molecular weight is 328 g/mol. The lowest BCUT2D eigenvalue weighted by atomic mass is 9.92. The summed E-state index contributed by atoms with van der Waals surface area (Å²) in [6, 6.07) is 0. The number of rotatable bonds is 1. The highest BCUT2D eigenvalue weighted by molar-refractivity contribution is 9.10. The van der Waals surface area contributed by atoms with Gasteiger partial charge in [-0.15, -0.1) is 11.3 Å². The van der Waals surface area contributed by atoms with Crippen LogP contribution in [0.4, 0.5) is 0 Å². The number of aryl methyl sites for hydroxylation is 1. The molecule has 2 aromatic heterocycles. The van der Waals surface area contributed by atoms with E-state index in [-0.39, 0.29) is 11.0 Å². The summed E-state index contributed by atoms with van der Waals surface area (Å²) in [7, 11) is 0. The second-order valence-corrected chi connectivity index (χ2v) is 6.93. The van der Waals surface area contributed by atoms with Gasteiger partial charge in [0.05, 0.1) is 10.7 Å². The largest absolute Gasteiger partial charge is 0.304 e. The molecule has 18 heavy (non-hydrogen) atoms. The van der Waals surface area contributed by atoms with Crippen molar-refractivity contribution in [1.82, 2.24) is 15.0 Å². The molecule has 1 N–H and O–H groups in total. The van der Waals surface area contributed by atoms with Gasteiger partial charge in [-0.1, -0.05) is 20.8 Å². The van der Waals surface area contributed by atoms with Crippen LogP contribution in [0, 0.1) is 6.92 Å². The molecule has 0 fully saturated rings. The Balaban J connectivity index is 2.65. The first-order valence-electron chi connectivity index (χ1n) is 5.52. The number of halogens is 1. The molecular weight excluding hydrogens is 314 g/mol. The number of nitrogens with zero attached hydrogens (tertiary/aromatic N) is 2. The number of thiazole rings is 1. The molecule has 2 rings (SSSR count). The lowest BCUT2D eigenvalue weighted by Crippen LogP contribution is -2.22. The van der Waals surface area contributed by atoms with Gasteiger partial charge in [-0.3, -0.25) is 4.79 Å². The van der Waals surface area contributed by atoms with Crippen LogP contribution in [0.2, 0.25) is 0 Å². The average Bonchev–Trinajstić information content (AvgIpc) is 2.67. The molecule has 2 heterocycles. The Morgan fingerprint density at radius 3 is 2.50 bits per heavy atom. The van der Waals surface area contributed by atoms with Crippen LogP contribution in [0.15, 0.2) is 14.6 Å². The van der Waals surface area contributed by atoms with Crippen LogP contribution in [0.25, 0.3) is 11.5 Å². The molecule has 0 radical (unpaired) electrons. The normalized spacial score (nSPS) is 11.8. The van der Waals surface area contributed by atoms with Gasteiger partial charge in [0, 0.05) is 10.8 Å². The fourth-order valence-electron chi connectivity index (χ4n) is 1.55. The van der Waals surface area contributed by atoms with Crippen molar-refractivity contribution in [1.29, 1.82) is 0 Å². The van der Waals surface area contributed by atoms with Crippen molar-refractivity contribution < 1.29 is 0 Å². The second-order valence-electron chi connectivity index (χ2n) is 5.08. The zero-order valence-electron chi connectivity index (χ0n) is 10.7. The van der Waals surface area contributed by atoms with Gasteiger partial charge in [0.15, 0.2) is 5.82 Å². The Bertz CT molecular complexity index is 640. The molecule has 0 aromatic carbocycles. The summed E-state index contributed by atoms with van der Waals surface area (Å²) in [5.74, 6) is 0.525. The van der Waals surface area contributed by atoms with Gasteiger partial charge in [0.2, 0.25) is 0 Å². The van der Waals surface area contributed by atoms with Crippen LogP contribution in [-0.4, -0.2) is 15.0 Å². The van der Waals surface area contributed by atoms with Crippen molar-refractivity contribution in [3.63, 3.8) is 0 Å². The van der Waals surface area contributed by atoms with Crippen LogP contribution in [0.1, 0.15) is 31.5 Å². The molecular formula is C12H14BrN3OS. The fraction of sp³-hybridized carbons (Fsp3) is 0.417. The quantitative estimate of drug-likeness (QED) is 0.874. The Kier molecular flexibility index (Phi) is 3.42. The number of aromatic amines is 1. The monoisotopic (exact) mass is 327 g/mol. The fourth-order valence-corrected chi connectivity index (χ4v) is 2.93. The number of aromatic nitrogens is 3. The van der Waals surface area contributed by atoms with E-state index in [1.807, 2.05) is 33.1 Å². The molecule has 0 atom stereocenters. The smallest absolute Gasteiger partial charge is 0.265 e. The third-order valence-electron chi connectivity index (χ3n) is 2.43. The lowest BCUT2D eigenvalue weighted by molar-refractivity contribution is 0.562. The predicted molar refractivity (Wildman–Crippen MR) is 77.1 cm³/mol. The molecule has 0 aliphatic carbocycles. The van der Waals surface area contributed by atoms with Crippen LogP contribution >= 0.6 is 27.3 Å². The van der Waals surface area contributed by atoms with Crippen LogP contribution in [0.3, 0.4) is 0 Å². The molecule has 2 aromatic rings. The minimum Gasteiger partial charge on any atom is -0.304 e. The minimum atomic E-state index is -0.201. The van der Waals surface area contributed by atoms with Gasteiger partial charge in [-0.25, -0.2) is 9.97 Å². The maximum absolute atomic E-state index is 11.9. The van der Waals surface area contributed by atoms with Crippen molar-refractivity contribution in [2.75, 3.05) is 0 Å². The summed E-state index contributed by atoms with van der Waals surface area (Å²) in [5, 5.41) is 2.85. The van der Waals surface area contributed by atoms with E-state index in [1.54, 1.807) is 0 Å². The first-order chi connectivity index (χ1) is 8.29. The Morgan fingerprint density at radius 1 is 1.33 bits per heavy atom. The molecule has 0 aliphatic rings. The highest BCUT2D eigenvalue weighted by atomic mass is 79.9. The Labute approximate surface area is 118 Å². The van der Waals surface area contributed by atoms with E-state index in [4.69, 9.17) is 0 Å². The molecule has 0 bridgehead atoms. The number of hydrogen-bond acceptors (Lipinski definition) is 4. The van der Waals surface area contributed by atoms with Crippen molar-refractivity contribution in [2.45, 2.75) is 33.1 Å². The third kappa shape index (κ3) is 2.54. The molecule has 0 aliphatic heterocycles. The molecule has 0 amide bonds. The molecule has 0 unspecified atom stereocenters. The van der Waals surface area contributed by atoms with E-state index >= 15 is 0 Å². The van der Waals surface area contributed by atoms with E-state index < -0.39 is 0 Å². The number of hydrogen-bond donors (Lipinski definition) is 1. The summed E-state index contributed by atoms with van der Waals surface area (Å²) in [6.45, 7) is 8.00. The highest BCUT2D eigenvalue weighted by Gasteiger charge is 2.22. The van der Waals surface area contributed by atoms with E-state index in [9.17, 15) is 4.79 Å². The van der Waals surface area contributed by atoms with E-state index in [2.05, 4.69) is 30.9 Å². The zero-order chi connectivity index (χ0) is 13.5. The van der Waals surface area contributed by atoms with Crippen molar-refractivity contribution in [3.8, 4) is 11.5 Å². The zero-order valence-corrected chi connectivity index (χ0v) is 13.1. The first-order valence-corrected chi connectivity index (χ1v) is 7.19. The lowest BCUT2D eigenvalue weighted by Gasteiger charge is -2.19. The summed E-state index contributed by atoms with van der Waals surface area (Å²) < 4.78 is 0.491. The van der Waals surface area contributed by atoms with Gasteiger partial charge < -0.3 is 4.98 Å². The SMILES string of the molecule is Cc1nc(-c2nc(C(C)(C)C)c(Br)c(=O)[nH]2)cs1. The molecule has 0 saturated carbocycles. The maximum atomic E-state index is 11.9. The van der Waals surface area contributed by atoms with Crippen LogP contribution in [-0.2, 0) is 5.41 Å². The van der Waals surface area contributed by atoms with Gasteiger partial charge in [-0.2, -0.15) is 0 Å². The highest BCUT2D eigenvalue weighted by Crippen LogP contribution is 2.27. The predicted octanol–water partition coefficient (Wildman–Crippen LogP) is 3.26. The maximum Gasteiger partial charge on any atom is 0.265 e. The summed E-state index contributed by atoms with van der Waals surface area (Å²) in [6.07, 6.45) is 0. The summed E-state index contributed by atoms with van der Waals surface area (Å²) in [4.78, 5) is 23.5.